The van der Waals surface area contributed by atoms with Crippen LogP contribution in [0, 0.1) is 13.8 Å². The minimum absolute atomic E-state index is 0.0809. The van der Waals surface area contributed by atoms with E-state index in [1.54, 1.807) is 0 Å². The first-order chi connectivity index (χ1) is 7.59. The van der Waals surface area contributed by atoms with Gasteiger partial charge in [0.25, 0.3) is 0 Å². The summed E-state index contributed by atoms with van der Waals surface area (Å²) in [5.41, 5.74) is 2.76. The smallest absolute Gasteiger partial charge is 0.307 e. The number of thioether (sulfide) groups is 1. The van der Waals surface area contributed by atoms with Crippen molar-refractivity contribution in [3.63, 3.8) is 0 Å². The van der Waals surface area contributed by atoms with Gasteiger partial charge in [0.15, 0.2) is 0 Å². The van der Waals surface area contributed by atoms with Crippen LogP contribution < -0.4 is 0 Å². The van der Waals surface area contributed by atoms with Crippen molar-refractivity contribution < 1.29 is 9.90 Å². The van der Waals surface area contributed by atoms with Crippen LogP contribution in [0.15, 0.2) is 0 Å². The van der Waals surface area contributed by atoms with Gasteiger partial charge in [-0.2, -0.15) is 16.9 Å². The molecule has 5 heteroatoms. The van der Waals surface area contributed by atoms with Crippen molar-refractivity contribution in [1.29, 1.82) is 0 Å². The number of hydrogen-bond acceptors (Lipinski definition) is 3. The van der Waals surface area contributed by atoms with E-state index in [2.05, 4.69) is 5.10 Å². The molecule has 0 spiro atoms. The molecule has 1 aliphatic rings. The van der Waals surface area contributed by atoms with Crippen LogP contribution in [0.4, 0.5) is 0 Å². The molecular formula is C11H16N2O2S. The molecule has 1 aromatic heterocycles. The van der Waals surface area contributed by atoms with Gasteiger partial charge in [-0.15, -0.1) is 0 Å². The number of carboxylic acid groups (broad SMARTS) is 1. The Balaban J connectivity index is 2.30. The number of aliphatic carboxylic acids is 1. The van der Waals surface area contributed by atoms with E-state index in [9.17, 15) is 4.79 Å². The monoisotopic (exact) mass is 240 g/mol. The summed E-state index contributed by atoms with van der Waals surface area (Å²) in [6, 6.07) is 0.450. The third-order valence-electron chi connectivity index (χ3n) is 3.05. The summed E-state index contributed by atoms with van der Waals surface area (Å²) in [6.07, 6.45) is 1.22. The maximum Gasteiger partial charge on any atom is 0.307 e. The zero-order valence-corrected chi connectivity index (χ0v) is 10.4. The summed E-state index contributed by atoms with van der Waals surface area (Å²) in [7, 11) is 0. The van der Waals surface area contributed by atoms with Crippen LogP contribution in [0.2, 0.25) is 0 Å². The van der Waals surface area contributed by atoms with Crippen molar-refractivity contribution in [2.45, 2.75) is 32.7 Å². The molecule has 0 aliphatic carbocycles. The fourth-order valence-electron chi connectivity index (χ4n) is 2.17. The SMILES string of the molecule is Cc1nn(C2CCSC2)c(C)c1CC(=O)O. The van der Waals surface area contributed by atoms with E-state index in [-0.39, 0.29) is 6.42 Å². The molecule has 0 saturated carbocycles. The molecule has 0 aromatic carbocycles. The Morgan fingerprint density at radius 3 is 2.94 bits per heavy atom. The van der Waals surface area contributed by atoms with Gasteiger partial charge in [0.2, 0.25) is 0 Å². The molecule has 2 heterocycles. The van der Waals surface area contributed by atoms with Crippen LogP contribution in [0.25, 0.3) is 0 Å². The van der Waals surface area contributed by atoms with Crippen LogP contribution >= 0.6 is 11.8 Å². The predicted molar refractivity (Wildman–Crippen MR) is 64.0 cm³/mol. The second-order valence-corrected chi connectivity index (χ2v) is 5.33. The molecule has 1 saturated heterocycles. The average molecular weight is 240 g/mol. The molecule has 1 atom stereocenters. The standard InChI is InChI=1S/C11H16N2O2S/c1-7-10(5-11(14)15)8(2)13(12-7)9-3-4-16-6-9/h9H,3-6H2,1-2H3,(H,14,15). The van der Waals surface area contributed by atoms with E-state index in [1.165, 1.54) is 5.75 Å². The van der Waals surface area contributed by atoms with E-state index in [1.807, 2.05) is 30.3 Å². The first-order valence-corrected chi connectivity index (χ1v) is 6.59. The topological polar surface area (TPSA) is 55.1 Å². The number of carboxylic acids is 1. The Bertz CT molecular complexity index is 408. The molecular weight excluding hydrogens is 224 g/mol. The lowest BCUT2D eigenvalue weighted by molar-refractivity contribution is -0.136. The number of hydrogen-bond donors (Lipinski definition) is 1. The maximum absolute atomic E-state index is 10.8. The molecule has 1 aromatic rings. The third-order valence-corrected chi connectivity index (χ3v) is 4.20. The fraction of sp³-hybridized carbons (Fsp3) is 0.636. The number of aromatic nitrogens is 2. The number of carbonyl (C=O) groups is 1. The highest BCUT2D eigenvalue weighted by atomic mass is 32.2. The zero-order chi connectivity index (χ0) is 11.7. The Morgan fingerprint density at radius 1 is 1.62 bits per heavy atom. The van der Waals surface area contributed by atoms with Gasteiger partial charge in [-0.3, -0.25) is 9.48 Å². The highest BCUT2D eigenvalue weighted by Crippen LogP contribution is 2.29. The van der Waals surface area contributed by atoms with E-state index in [4.69, 9.17) is 5.11 Å². The van der Waals surface area contributed by atoms with E-state index >= 15 is 0 Å². The van der Waals surface area contributed by atoms with Crippen LogP contribution in [0.1, 0.15) is 29.4 Å². The van der Waals surface area contributed by atoms with Gasteiger partial charge in [0, 0.05) is 17.0 Å². The summed E-state index contributed by atoms with van der Waals surface area (Å²) < 4.78 is 2.02. The van der Waals surface area contributed by atoms with Crippen molar-refractivity contribution in [3.05, 3.63) is 17.0 Å². The molecule has 4 nitrogen and oxygen atoms in total. The molecule has 88 valence electrons. The zero-order valence-electron chi connectivity index (χ0n) is 9.56. The number of nitrogens with zero attached hydrogens (tertiary/aromatic N) is 2. The van der Waals surface area contributed by atoms with Crippen molar-refractivity contribution in [1.82, 2.24) is 9.78 Å². The minimum Gasteiger partial charge on any atom is -0.481 e. The molecule has 0 bridgehead atoms. The number of aryl methyl sites for hydroxylation is 1. The second-order valence-electron chi connectivity index (χ2n) is 4.18. The molecule has 0 radical (unpaired) electrons. The van der Waals surface area contributed by atoms with E-state index in [0.717, 1.165) is 29.1 Å². The molecule has 16 heavy (non-hydrogen) atoms. The first kappa shape index (κ1) is 11.5. The third kappa shape index (κ3) is 2.09. The lowest BCUT2D eigenvalue weighted by Gasteiger charge is -2.11. The van der Waals surface area contributed by atoms with Gasteiger partial charge in [-0.1, -0.05) is 0 Å². The molecule has 1 fully saturated rings. The number of rotatable bonds is 3. The molecule has 2 rings (SSSR count). The van der Waals surface area contributed by atoms with Crippen molar-refractivity contribution in [3.8, 4) is 0 Å². The Hall–Kier alpha value is -0.970. The molecule has 0 amide bonds. The van der Waals surface area contributed by atoms with Gasteiger partial charge in [-0.05, 0) is 26.0 Å². The quantitative estimate of drug-likeness (QED) is 0.875. The summed E-state index contributed by atoms with van der Waals surface area (Å²) in [6.45, 7) is 3.87. The van der Waals surface area contributed by atoms with Gasteiger partial charge >= 0.3 is 5.97 Å². The minimum atomic E-state index is -0.786. The normalized spacial score (nSPS) is 20.2. The lowest BCUT2D eigenvalue weighted by Crippen LogP contribution is -2.12. The summed E-state index contributed by atoms with van der Waals surface area (Å²) in [5.74, 6) is 1.48. The van der Waals surface area contributed by atoms with Crippen molar-refractivity contribution >= 4 is 17.7 Å². The van der Waals surface area contributed by atoms with Crippen LogP contribution in [0.3, 0.4) is 0 Å². The second kappa shape index (κ2) is 4.49. The Morgan fingerprint density at radius 2 is 2.38 bits per heavy atom. The van der Waals surface area contributed by atoms with Gasteiger partial charge in [0.05, 0.1) is 18.2 Å². The lowest BCUT2D eigenvalue weighted by atomic mass is 10.1. The fourth-order valence-corrected chi connectivity index (χ4v) is 3.36. The van der Waals surface area contributed by atoms with Gasteiger partial charge in [0.1, 0.15) is 0 Å². The molecule has 1 aliphatic heterocycles. The summed E-state index contributed by atoms with van der Waals surface area (Å²) >= 11 is 1.94. The van der Waals surface area contributed by atoms with E-state index < -0.39 is 5.97 Å². The Labute approximate surface area is 99.0 Å². The van der Waals surface area contributed by atoms with Crippen molar-refractivity contribution in [2.75, 3.05) is 11.5 Å². The summed E-state index contributed by atoms with van der Waals surface area (Å²) in [4.78, 5) is 10.8. The van der Waals surface area contributed by atoms with Crippen LogP contribution in [-0.2, 0) is 11.2 Å². The molecule has 1 unspecified atom stereocenters. The summed E-state index contributed by atoms with van der Waals surface area (Å²) in [5, 5.41) is 13.3. The largest absolute Gasteiger partial charge is 0.481 e. The van der Waals surface area contributed by atoms with Crippen LogP contribution in [-0.4, -0.2) is 32.4 Å². The highest BCUT2D eigenvalue weighted by Gasteiger charge is 2.23. The highest BCUT2D eigenvalue weighted by molar-refractivity contribution is 7.99. The van der Waals surface area contributed by atoms with Gasteiger partial charge in [-0.25, -0.2) is 0 Å². The molecule has 1 N–H and O–H groups in total. The van der Waals surface area contributed by atoms with Crippen LogP contribution in [0.5, 0.6) is 0 Å². The maximum atomic E-state index is 10.8. The first-order valence-electron chi connectivity index (χ1n) is 5.43. The van der Waals surface area contributed by atoms with Gasteiger partial charge < -0.3 is 5.11 Å². The predicted octanol–water partition coefficient (Wildman–Crippen LogP) is 1.81. The Kier molecular flexibility index (Phi) is 3.23. The van der Waals surface area contributed by atoms with Crippen molar-refractivity contribution in [2.24, 2.45) is 0 Å². The average Bonchev–Trinajstić information content (AvgIpc) is 2.80. The van der Waals surface area contributed by atoms with E-state index in [0.29, 0.717) is 6.04 Å².